The molecule has 4 rings (SSSR count). The molecule has 178 valence electrons. The van der Waals surface area contributed by atoms with Crippen LogP contribution in [0.4, 0.5) is 5.69 Å². The van der Waals surface area contributed by atoms with Crippen LogP contribution in [0, 0.1) is 5.92 Å². The van der Waals surface area contributed by atoms with E-state index in [1.807, 2.05) is 67.5 Å². The third-order valence-corrected chi connectivity index (χ3v) is 6.74. The molecule has 6 nitrogen and oxygen atoms in total. The molecule has 2 aromatic carbocycles. The number of benzene rings is 2. The van der Waals surface area contributed by atoms with Gasteiger partial charge in [-0.2, -0.15) is 0 Å². The van der Waals surface area contributed by atoms with Crippen LogP contribution < -0.4 is 15.0 Å². The van der Waals surface area contributed by atoms with Crippen molar-refractivity contribution in [1.82, 2.24) is 5.32 Å². The summed E-state index contributed by atoms with van der Waals surface area (Å²) in [5.41, 5.74) is 5.15. The average Bonchev–Trinajstić information content (AvgIpc) is 2.83. The number of esters is 1. The lowest BCUT2D eigenvalue weighted by atomic mass is 9.69. The molecule has 6 heteroatoms. The van der Waals surface area contributed by atoms with E-state index in [0.29, 0.717) is 24.1 Å². The van der Waals surface area contributed by atoms with E-state index in [4.69, 9.17) is 9.47 Å². The molecule has 1 N–H and O–H groups in total. The zero-order valence-electron chi connectivity index (χ0n) is 20.3. The van der Waals surface area contributed by atoms with Gasteiger partial charge in [-0.15, -0.1) is 0 Å². The van der Waals surface area contributed by atoms with Crippen LogP contribution in [0.1, 0.15) is 42.7 Å². The van der Waals surface area contributed by atoms with E-state index in [1.165, 1.54) is 0 Å². The number of nitrogens with one attached hydrogen (secondary N) is 1. The first-order chi connectivity index (χ1) is 16.3. The van der Waals surface area contributed by atoms with Crippen LogP contribution in [-0.2, 0) is 14.3 Å². The molecule has 1 heterocycles. The number of rotatable bonds is 6. The Hall–Kier alpha value is -3.54. The summed E-state index contributed by atoms with van der Waals surface area (Å²) in [5.74, 6) is -0.563. The number of allylic oxidation sites excluding steroid dienone is 2. The standard InChI is InChI=1S/C28H32N2O4/c1-6-34-28(32)25-17(2)29-23-15-20(18-9-13-22(33-5)14-10-18)16-24(31)27(23)26(25)19-7-11-21(12-8-19)30(3)4/h7-14,20,25-26,29H,2,6,15-16H2,1,3-5H3. The van der Waals surface area contributed by atoms with E-state index in [0.717, 1.165) is 28.3 Å². The maximum absolute atomic E-state index is 13.6. The third-order valence-electron chi connectivity index (χ3n) is 6.74. The third kappa shape index (κ3) is 4.45. The van der Waals surface area contributed by atoms with Gasteiger partial charge in [0.1, 0.15) is 11.7 Å². The van der Waals surface area contributed by atoms with E-state index in [1.54, 1.807) is 14.0 Å². The van der Waals surface area contributed by atoms with E-state index < -0.39 is 11.8 Å². The smallest absolute Gasteiger partial charge is 0.315 e. The molecule has 2 aliphatic rings. The van der Waals surface area contributed by atoms with Crippen molar-refractivity contribution in [2.24, 2.45) is 5.92 Å². The van der Waals surface area contributed by atoms with Gasteiger partial charge in [0.25, 0.3) is 0 Å². The van der Waals surface area contributed by atoms with E-state index >= 15 is 0 Å². The van der Waals surface area contributed by atoms with Crippen molar-refractivity contribution >= 4 is 17.4 Å². The van der Waals surface area contributed by atoms with Gasteiger partial charge >= 0.3 is 5.97 Å². The first-order valence-electron chi connectivity index (χ1n) is 11.6. The summed E-state index contributed by atoms with van der Waals surface area (Å²) in [4.78, 5) is 28.6. The van der Waals surface area contributed by atoms with Crippen molar-refractivity contribution in [1.29, 1.82) is 0 Å². The molecule has 3 atom stereocenters. The first-order valence-corrected chi connectivity index (χ1v) is 11.6. The van der Waals surface area contributed by atoms with Gasteiger partial charge in [-0.05, 0) is 54.7 Å². The number of hydrogen-bond acceptors (Lipinski definition) is 6. The summed E-state index contributed by atoms with van der Waals surface area (Å²) < 4.78 is 10.7. The van der Waals surface area contributed by atoms with Crippen LogP contribution in [-0.4, -0.2) is 39.6 Å². The van der Waals surface area contributed by atoms with Gasteiger partial charge in [-0.25, -0.2) is 0 Å². The lowest BCUT2D eigenvalue weighted by Gasteiger charge is -2.40. The zero-order chi connectivity index (χ0) is 24.4. The second kappa shape index (κ2) is 9.75. The summed E-state index contributed by atoms with van der Waals surface area (Å²) in [5, 5.41) is 3.32. The molecule has 34 heavy (non-hydrogen) atoms. The number of carbonyl (C=O) groups is 2. The number of ether oxygens (including phenoxy) is 2. The molecule has 1 aliphatic carbocycles. The fourth-order valence-electron chi connectivity index (χ4n) is 5.01. The highest BCUT2D eigenvalue weighted by atomic mass is 16.5. The molecule has 0 saturated carbocycles. The highest BCUT2D eigenvalue weighted by Crippen LogP contribution is 2.47. The number of Topliss-reactive ketones (excluding diaryl/α,β-unsaturated/α-hetero) is 1. The number of nitrogens with zero attached hydrogens (tertiary/aromatic N) is 1. The highest BCUT2D eigenvalue weighted by molar-refractivity contribution is 6.01. The molecule has 2 aromatic rings. The number of anilines is 1. The van der Waals surface area contributed by atoms with Gasteiger partial charge in [0.05, 0.1) is 13.7 Å². The normalized spacial score (nSPS) is 22.1. The lowest BCUT2D eigenvalue weighted by Crippen LogP contribution is -2.42. The van der Waals surface area contributed by atoms with Gasteiger partial charge in [-0.1, -0.05) is 30.8 Å². The molecule has 0 amide bonds. The Bertz CT molecular complexity index is 1120. The van der Waals surface area contributed by atoms with Crippen LogP contribution in [0.3, 0.4) is 0 Å². The Kier molecular flexibility index (Phi) is 6.77. The van der Waals surface area contributed by atoms with Gasteiger partial charge < -0.3 is 19.7 Å². The summed E-state index contributed by atoms with van der Waals surface area (Å²) in [6.07, 6.45) is 1.06. The number of hydrogen-bond donors (Lipinski definition) is 1. The van der Waals surface area contributed by atoms with Crippen molar-refractivity contribution in [3.8, 4) is 5.75 Å². The summed E-state index contributed by atoms with van der Waals surface area (Å²) >= 11 is 0. The topological polar surface area (TPSA) is 67.9 Å². The Morgan fingerprint density at radius 2 is 1.71 bits per heavy atom. The summed E-state index contributed by atoms with van der Waals surface area (Å²) in [6.45, 7) is 6.23. The second-order valence-electron chi connectivity index (χ2n) is 9.04. The number of ketones is 1. The molecule has 0 bridgehead atoms. The van der Waals surface area contributed by atoms with Crippen LogP contribution in [0.25, 0.3) is 0 Å². The van der Waals surface area contributed by atoms with Crippen LogP contribution in [0.15, 0.2) is 72.1 Å². The molecular weight excluding hydrogens is 428 g/mol. The molecule has 0 fully saturated rings. The fraction of sp³-hybridized carbons (Fsp3) is 0.357. The van der Waals surface area contributed by atoms with Gasteiger partial charge in [0.2, 0.25) is 0 Å². The molecule has 3 unspecified atom stereocenters. The number of methoxy groups -OCH3 is 1. The van der Waals surface area contributed by atoms with E-state index in [-0.39, 0.29) is 24.3 Å². The van der Waals surface area contributed by atoms with Crippen LogP contribution in [0.5, 0.6) is 5.75 Å². The lowest BCUT2D eigenvalue weighted by molar-refractivity contribution is -0.147. The Morgan fingerprint density at radius 3 is 2.29 bits per heavy atom. The second-order valence-corrected chi connectivity index (χ2v) is 9.04. The Morgan fingerprint density at radius 1 is 1.06 bits per heavy atom. The van der Waals surface area contributed by atoms with Crippen molar-refractivity contribution in [2.45, 2.75) is 31.6 Å². The Labute approximate surface area is 201 Å². The van der Waals surface area contributed by atoms with Crippen molar-refractivity contribution in [2.75, 3.05) is 32.7 Å². The minimum atomic E-state index is -0.662. The molecule has 1 aliphatic heterocycles. The molecular formula is C28H32N2O4. The highest BCUT2D eigenvalue weighted by Gasteiger charge is 2.45. The summed E-state index contributed by atoms with van der Waals surface area (Å²) in [7, 11) is 5.60. The fourth-order valence-corrected chi connectivity index (χ4v) is 5.01. The minimum Gasteiger partial charge on any atom is -0.497 e. The maximum atomic E-state index is 13.6. The molecule has 0 aromatic heterocycles. The van der Waals surface area contributed by atoms with E-state index in [2.05, 4.69) is 11.9 Å². The average molecular weight is 461 g/mol. The van der Waals surface area contributed by atoms with Crippen molar-refractivity contribution in [3.63, 3.8) is 0 Å². The SMILES string of the molecule is C=C1NC2=C(C(=O)CC(c3ccc(OC)cc3)C2)C(c2ccc(N(C)C)cc2)C1C(=O)OCC. The monoisotopic (exact) mass is 460 g/mol. The maximum Gasteiger partial charge on any atom is 0.315 e. The number of carbonyl (C=O) groups excluding carboxylic acids is 2. The van der Waals surface area contributed by atoms with Gasteiger partial charge in [0.15, 0.2) is 5.78 Å². The largest absolute Gasteiger partial charge is 0.497 e. The van der Waals surface area contributed by atoms with Crippen molar-refractivity contribution in [3.05, 3.63) is 83.2 Å². The molecule has 0 spiro atoms. The summed E-state index contributed by atoms with van der Waals surface area (Å²) in [6, 6.07) is 15.9. The molecule has 0 radical (unpaired) electrons. The zero-order valence-corrected chi connectivity index (χ0v) is 20.3. The molecule has 0 saturated heterocycles. The first kappa shape index (κ1) is 23.6. The predicted octanol–water partition coefficient (Wildman–Crippen LogP) is 4.54. The quantitative estimate of drug-likeness (QED) is 0.639. The Balaban J connectivity index is 1.75. The van der Waals surface area contributed by atoms with Crippen LogP contribution >= 0.6 is 0 Å². The van der Waals surface area contributed by atoms with Gasteiger partial charge in [-0.3, -0.25) is 9.59 Å². The van der Waals surface area contributed by atoms with Crippen molar-refractivity contribution < 1.29 is 19.1 Å². The minimum absolute atomic E-state index is 0.0494. The predicted molar refractivity (Wildman–Crippen MR) is 133 cm³/mol. The van der Waals surface area contributed by atoms with Gasteiger partial charge in [0, 0.05) is 49.1 Å². The van der Waals surface area contributed by atoms with E-state index in [9.17, 15) is 9.59 Å². The van der Waals surface area contributed by atoms with Crippen LogP contribution in [0.2, 0.25) is 0 Å².